The van der Waals surface area contributed by atoms with Crippen LogP contribution in [-0.4, -0.2) is 35.5 Å². The summed E-state index contributed by atoms with van der Waals surface area (Å²) in [6.45, 7) is 1.77. The normalized spacial score (nSPS) is 26.1. The highest BCUT2D eigenvalue weighted by atomic mass is 127. The number of urea groups is 1. The topological polar surface area (TPSA) is 61.4 Å². The average Bonchev–Trinajstić information content (AvgIpc) is 2.67. The monoisotopic (exact) mass is 385 g/mol. The Hall–Kier alpha value is -1.15. The lowest BCUT2D eigenvalue weighted by atomic mass is 9.90. The van der Waals surface area contributed by atoms with Gasteiger partial charge in [-0.2, -0.15) is 0 Å². The smallest absolute Gasteiger partial charge is 0.322 e. The molecule has 0 aromatic heterocycles. The molecule has 2 heterocycles. The number of rotatable bonds is 2. The molecule has 1 aromatic rings. The highest BCUT2D eigenvalue weighted by Crippen LogP contribution is 2.26. The second kappa shape index (κ2) is 5.33. The van der Waals surface area contributed by atoms with Crippen LogP contribution < -0.4 is 10.6 Å². The van der Waals surface area contributed by atoms with Crippen molar-refractivity contribution in [3.05, 3.63) is 33.4 Å². The van der Waals surface area contributed by atoms with Crippen molar-refractivity contribution >= 4 is 34.5 Å². The number of halogens is 1. The van der Waals surface area contributed by atoms with Crippen molar-refractivity contribution in [2.75, 3.05) is 13.1 Å². The molecule has 0 radical (unpaired) electrons. The Labute approximate surface area is 131 Å². The van der Waals surface area contributed by atoms with Crippen molar-refractivity contribution in [3.8, 4) is 0 Å². The number of piperidine rings is 1. The third-order valence-corrected chi connectivity index (χ3v) is 4.60. The van der Waals surface area contributed by atoms with Gasteiger partial charge in [0.1, 0.15) is 5.54 Å². The Bertz CT molecular complexity index is 538. The van der Waals surface area contributed by atoms with Crippen LogP contribution in [0.1, 0.15) is 18.4 Å². The van der Waals surface area contributed by atoms with Crippen LogP contribution in [0, 0.1) is 3.57 Å². The Morgan fingerprint density at radius 3 is 2.65 bits per heavy atom. The molecule has 1 spiro atoms. The molecule has 1 aromatic carbocycles. The van der Waals surface area contributed by atoms with Gasteiger partial charge in [-0.1, -0.05) is 12.1 Å². The van der Waals surface area contributed by atoms with E-state index in [-0.39, 0.29) is 11.9 Å². The predicted molar refractivity (Wildman–Crippen MR) is 83.1 cm³/mol. The Morgan fingerprint density at radius 1 is 1.25 bits per heavy atom. The van der Waals surface area contributed by atoms with Gasteiger partial charge in [0.25, 0.3) is 5.91 Å². The van der Waals surface area contributed by atoms with Crippen molar-refractivity contribution in [1.82, 2.24) is 15.5 Å². The summed E-state index contributed by atoms with van der Waals surface area (Å²) in [7, 11) is 0. The number of carbonyl (C=O) groups is 2. The fourth-order valence-electron chi connectivity index (χ4n) is 2.79. The minimum atomic E-state index is -0.724. The van der Waals surface area contributed by atoms with Crippen LogP contribution in [0.2, 0.25) is 0 Å². The minimum absolute atomic E-state index is 0.103. The maximum absolute atomic E-state index is 12.6. The summed E-state index contributed by atoms with van der Waals surface area (Å²) in [4.78, 5) is 26.0. The summed E-state index contributed by atoms with van der Waals surface area (Å²) in [6, 6.07) is 7.58. The average molecular weight is 385 g/mol. The number of imide groups is 1. The predicted octanol–water partition coefficient (Wildman–Crippen LogP) is 1.47. The lowest BCUT2D eigenvalue weighted by Gasteiger charge is -2.31. The van der Waals surface area contributed by atoms with Crippen LogP contribution in [0.25, 0.3) is 0 Å². The van der Waals surface area contributed by atoms with Crippen molar-refractivity contribution in [2.45, 2.75) is 24.9 Å². The number of nitrogens with one attached hydrogen (secondary N) is 2. The van der Waals surface area contributed by atoms with E-state index in [4.69, 9.17) is 0 Å². The standard InChI is InChI=1S/C14H16IN3O2/c15-11-4-2-10(3-5-11)8-18-12(19)14(17-13(18)20)6-1-7-16-9-14/h2-5,16H,1,6-9H2,(H,17,20). The van der Waals surface area contributed by atoms with Gasteiger partial charge in [0.2, 0.25) is 0 Å². The third kappa shape index (κ3) is 2.42. The first-order chi connectivity index (χ1) is 9.61. The van der Waals surface area contributed by atoms with E-state index in [0.29, 0.717) is 19.5 Å². The van der Waals surface area contributed by atoms with Crippen LogP contribution in [0.5, 0.6) is 0 Å². The first kappa shape index (κ1) is 13.8. The van der Waals surface area contributed by atoms with Crippen LogP contribution in [0.4, 0.5) is 4.79 Å². The molecule has 3 rings (SSSR count). The summed E-state index contributed by atoms with van der Waals surface area (Å²) in [5, 5.41) is 6.07. The lowest BCUT2D eigenvalue weighted by Crippen LogP contribution is -2.57. The van der Waals surface area contributed by atoms with Gasteiger partial charge in [-0.15, -0.1) is 0 Å². The Morgan fingerprint density at radius 2 is 2.00 bits per heavy atom. The molecule has 2 saturated heterocycles. The summed E-state index contributed by atoms with van der Waals surface area (Å²) in [6.07, 6.45) is 1.62. The third-order valence-electron chi connectivity index (χ3n) is 3.88. The first-order valence-corrected chi connectivity index (χ1v) is 7.78. The van der Waals surface area contributed by atoms with Crippen molar-refractivity contribution in [1.29, 1.82) is 0 Å². The summed E-state index contributed by atoms with van der Waals surface area (Å²) >= 11 is 2.23. The summed E-state index contributed by atoms with van der Waals surface area (Å²) in [5.41, 5.74) is 0.244. The summed E-state index contributed by atoms with van der Waals surface area (Å²) < 4.78 is 1.14. The number of carbonyl (C=O) groups excluding carboxylic acids is 2. The van der Waals surface area contributed by atoms with Gasteiger partial charge in [0.15, 0.2) is 0 Å². The second-order valence-corrected chi connectivity index (χ2v) is 6.56. The van der Waals surface area contributed by atoms with Crippen LogP contribution in [0.15, 0.2) is 24.3 Å². The van der Waals surface area contributed by atoms with E-state index in [9.17, 15) is 9.59 Å². The molecule has 1 atom stereocenters. The fourth-order valence-corrected chi connectivity index (χ4v) is 3.15. The highest BCUT2D eigenvalue weighted by Gasteiger charge is 2.51. The van der Waals surface area contributed by atoms with E-state index in [1.807, 2.05) is 24.3 Å². The van der Waals surface area contributed by atoms with Crippen molar-refractivity contribution < 1.29 is 9.59 Å². The molecule has 0 aliphatic carbocycles. The van der Waals surface area contributed by atoms with Crippen molar-refractivity contribution in [3.63, 3.8) is 0 Å². The summed E-state index contributed by atoms with van der Waals surface area (Å²) in [5.74, 6) is -0.103. The van der Waals surface area contributed by atoms with Gasteiger partial charge >= 0.3 is 6.03 Å². The van der Waals surface area contributed by atoms with E-state index in [1.165, 1.54) is 4.90 Å². The zero-order valence-corrected chi connectivity index (χ0v) is 13.1. The molecule has 2 aliphatic rings. The number of amides is 3. The SMILES string of the molecule is O=C1NC2(CCCNC2)C(=O)N1Cc1ccc(I)cc1. The molecule has 2 N–H and O–H groups in total. The highest BCUT2D eigenvalue weighted by molar-refractivity contribution is 14.1. The molecule has 2 aliphatic heterocycles. The zero-order chi connectivity index (χ0) is 14.2. The van der Waals surface area contributed by atoms with Gasteiger partial charge in [-0.3, -0.25) is 9.69 Å². The molecule has 0 bridgehead atoms. The molecular weight excluding hydrogens is 369 g/mol. The maximum atomic E-state index is 12.6. The molecule has 20 heavy (non-hydrogen) atoms. The Kier molecular flexibility index (Phi) is 3.68. The molecule has 5 nitrogen and oxygen atoms in total. The van der Waals surface area contributed by atoms with E-state index in [2.05, 4.69) is 33.2 Å². The van der Waals surface area contributed by atoms with Crippen molar-refractivity contribution in [2.24, 2.45) is 0 Å². The Balaban J connectivity index is 1.78. The molecule has 3 amide bonds. The first-order valence-electron chi connectivity index (χ1n) is 6.70. The lowest BCUT2D eigenvalue weighted by molar-refractivity contribution is -0.132. The van der Waals surface area contributed by atoms with E-state index < -0.39 is 5.54 Å². The molecule has 2 fully saturated rings. The fraction of sp³-hybridized carbons (Fsp3) is 0.429. The maximum Gasteiger partial charge on any atom is 0.325 e. The largest absolute Gasteiger partial charge is 0.325 e. The molecule has 106 valence electrons. The van der Waals surface area contributed by atoms with Crippen LogP contribution in [-0.2, 0) is 11.3 Å². The van der Waals surface area contributed by atoms with Gasteiger partial charge in [0.05, 0.1) is 6.54 Å². The number of hydrogen-bond donors (Lipinski definition) is 2. The van der Waals surface area contributed by atoms with E-state index >= 15 is 0 Å². The quantitative estimate of drug-likeness (QED) is 0.599. The molecule has 0 saturated carbocycles. The number of hydrogen-bond acceptors (Lipinski definition) is 3. The second-order valence-electron chi connectivity index (χ2n) is 5.31. The number of nitrogens with zero attached hydrogens (tertiary/aromatic N) is 1. The van der Waals surface area contributed by atoms with Crippen LogP contribution in [0.3, 0.4) is 0 Å². The van der Waals surface area contributed by atoms with Gasteiger partial charge in [0, 0.05) is 10.1 Å². The number of benzene rings is 1. The minimum Gasteiger partial charge on any atom is -0.322 e. The molecule has 1 unspecified atom stereocenters. The van der Waals surface area contributed by atoms with Gasteiger partial charge < -0.3 is 10.6 Å². The van der Waals surface area contributed by atoms with Crippen LogP contribution >= 0.6 is 22.6 Å². The molecular formula is C14H16IN3O2. The van der Waals surface area contributed by atoms with E-state index in [0.717, 1.165) is 22.1 Å². The molecule has 6 heteroatoms. The van der Waals surface area contributed by atoms with Gasteiger partial charge in [-0.25, -0.2) is 4.79 Å². The zero-order valence-electron chi connectivity index (χ0n) is 11.0. The van der Waals surface area contributed by atoms with Gasteiger partial charge in [-0.05, 0) is 59.7 Å². The van der Waals surface area contributed by atoms with E-state index in [1.54, 1.807) is 0 Å².